The van der Waals surface area contributed by atoms with Gasteiger partial charge in [-0.2, -0.15) is 0 Å². The van der Waals surface area contributed by atoms with Crippen molar-refractivity contribution in [3.05, 3.63) is 59.8 Å². The second-order valence-electron chi connectivity index (χ2n) is 8.17. The summed E-state index contributed by atoms with van der Waals surface area (Å²) in [6.07, 6.45) is 0.566. The third-order valence-corrected chi connectivity index (χ3v) is 5.04. The van der Waals surface area contributed by atoms with Crippen molar-refractivity contribution in [1.29, 1.82) is 0 Å². The van der Waals surface area contributed by atoms with Gasteiger partial charge in [0, 0.05) is 32.0 Å². The smallest absolute Gasteiger partial charge is 0.278 e. The van der Waals surface area contributed by atoms with Crippen LogP contribution in [0.3, 0.4) is 0 Å². The van der Waals surface area contributed by atoms with Crippen molar-refractivity contribution in [2.45, 2.75) is 27.2 Å². The highest BCUT2D eigenvalue weighted by atomic mass is 16.5. The van der Waals surface area contributed by atoms with Crippen LogP contribution in [0, 0.1) is 5.92 Å². The maximum atomic E-state index is 13.3. The SMILES string of the molecule is CCOc1cccc(NC2=C(c3ccc(OCC(C)C)cc3)C(=O)N(CCCOC)C2=O)c1. The first kappa shape index (κ1) is 24.3. The highest BCUT2D eigenvalue weighted by molar-refractivity contribution is 6.36. The van der Waals surface area contributed by atoms with Crippen LogP contribution in [0.5, 0.6) is 11.5 Å². The van der Waals surface area contributed by atoms with Crippen molar-refractivity contribution in [3.8, 4) is 11.5 Å². The van der Waals surface area contributed by atoms with E-state index in [1.54, 1.807) is 7.11 Å². The van der Waals surface area contributed by atoms with Crippen LogP contribution >= 0.6 is 0 Å². The standard InChI is InChI=1S/C26H32N2O5/c1-5-32-22-9-6-8-20(16-22)27-24-23(25(29)28(26(24)30)14-7-15-31-4)19-10-12-21(13-11-19)33-17-18(2)3/h6,8-13,16,18,27H,5,7,14-15,17H2,1-4H3. The zero-order chi connectivity index (χ0) is 23.8. The van der Waals surface area contributed by atoms with Crippen LogP contribution in [-0.2, 0) is 14.3 Å². The Morgan fingerprint density at radius 1 is 0.970 bits per heavy atom. The van der Waals surface area contributed by atoms with Crippen molar-refractivity contribution in [3.63, 3.8) is 0 Å². The third-order valence-electron chi connectivity index (χ3n) is 5.04. The predicted octanol–water partition coefficient (Wildman–Crippen LogP) is 4.35. The zero-order valence-electron chi connectivity index (χ0n) is 19.7. The molecule has 2 aromatic rings. The van der Waals surface area contributed by atoms with Crippen molar-refractivity contribution >= 4 is 23.1 Å². The Kier molecular flexibility index (Phi) is 8.49. The van der Waals surface area contributed by atoms with Gasteiger partial charge < -0.3 is 19.5 Å². The van der Waals surface area contributed by atoms with Gasteiger partial charge in [-0.05, 0) is 49.1 Å². The number of carbonyl (C=O) groups excluding carboxylic acids is 2. The summed E-state index contributed by atoms with van der Waals surface area (Å²) in [5.41, 5.74) is 1.92. The number of benzene rings is 2. The van der Waals surface area contributed by atoms with E-state index >= 15 is 0 Å². The van der Waals surface area contributed by atoms with E-state index in [-0.39, 0.29) is 24.1 Å². The van der Waals surface area contributed by atoms with E-state index in [4.69, 9.17) is 14.2 Å². The largest absolute Gasteiger partial charge is 0.494 e. The number of rotatable bonds is 12. The Hall–Kier alpha value is -3.32. The van der Waals surface area contributed by atoms with Gasteiger partial charge in [-0.1, -0.05) is 32.0 Å². The summed E-state index contributed by atoms with van der Waals surface area (Å²) >= 11 is 0. The summed E-state index contributed by atoms with van der Waals surface area (Å²) in [5.74, 6) is 1.14. The summed E-state index contributed by atoms with van der Waals surface area (Å²) < 4.78 is 16.4. The second kappa shape index (κ2) is 11.5. The number of ether oxygens (including phenoxy) is 3. The number of hydrogen-bond donors (Lipinski definition) is 1. The molecule has 2 aromatic carbocycles. The van der Waals surface area contributed by atoms with Gasteiger partial charge in [0.2, 0.25) is 0 Å². The Bertz CT molecular complexity index is 998. The highest BCUT2D eigenvalue weighted by Gasteiger charge is 2.38. The van der Waals surface area contributed by atoms with Crippen LogP contribution in [0.2, 0.25) is 0 Å². The summed E-state index contributed by atoms with van der Waals surface area (Å²) in [7, 11) is 1.60. The minimum absolute atomic E-state index is 0.252. The van der Waals surface area contributed by atoms with Gasteiger partial charge in [0.1, 0.15) is 17.2 Å². The molecule has 0 aromatic heterocycles. The number of hydrogen-bond acceptors (Lipinski definition) is 6. The molecule has 7 heteroatoms. The number of nitrogens with one attached hydrogen (secondary N) is 1. The average molecular weight is 453 g/mol. The van der Waals surface area contributed by atoms with E-state index in [9.17, 15) is 9.59 Å². The summed E-state index contributed by atoms with van der Waals surface area (Å²) in [4.78, 5) is 27.8. The summed E-state index contributed by atoms with van der Waals surface area (Å²) in [6, 6.07) is 14.6. The lowest BCUT2D eigenvalue weighted by atomic mass is 10.0. The number of amides is 2. The van der Waals surface area contributed by atoms with Crippen LogP contribution in [0.4, 0.5) is 5.69 Å². The topological polar surface area (TPSA) is 77.1 Å². The molecule has 7 nitrogen and oxygen atoms in total. The molecule has 1 aliphatic heterocycles. The van der Waals surface area contributed by atoms with Crippen molar-refractivity contribution < 1.29 is 23.8 Å². The third kappa shape index (κ3) is 6.14. The van der Waals surface area contributed by atoms with Gasteiger partial charge in [-0.25, -0.2) is 0 Å². The summed E-state index contributed by atoms with van der Waals surface area (Å²) in [6.45, 7) is 7.97. The zero-order valence-corrected chi connectivity index (χ0v) is 19.7. The molecule has 1 N–H and O–H groups in total. The number of anilines is 1. The first-order valence-corrected chi connectivity index (χ1v) is 11.3. The Morgan fingerprint density at radius 2 is 1.73 bits per heavy atom. The van der Waals surface area contributed by atoms with Crippen molar-refractivity contribution in [2.24, 2.45) is 5.92 Å². The van der Waals surface area contributed by atoms with E-state index in [1.807, 2.05) is 55.5 Å². The van der Waals surface area contributed by atoms with Crippen LogP contribution in [0.15, 0.2) is 54.2 Å². The molecule has 0 bridgehead atoms. The van der Waals surface area contributed by atoms with Gasteiger partial charge in [0.15, 0.2) is 0 Å². The predicted molar refractivity (Wildman–Crippen MR) is 128 cm³/mol. The Labute approximate surface area is 195 Å². The monoisotopic (exact) mass is 452 g/mol. The number of methoxy groups -OCH3 is 1. The lowest BCUT2D eigenvalue weighted by Crippen LogP contribution is -2.33. The van der Waals surface area contributed by atoms with E-state index in [1.165, 1.54) is 4.90 Å². The van der Waals surface area contributed by atoms with E-state index in [0.29, 0.717) is 54.7 Å². The molecule has 0 unspecified atom stereocenters. The molecule has 176 valence electrons. The molecular formula is C26H32N2O5. The first-order valence-electron chi connectivity index (χ1n) is 11.3. The lowest BCUT2D eigenvalue weighted by Gasteiger charge is -2.15. The molecule has 0 radical (unpaired) electrons. The number of carbonyl (C=O) groups is 2. The van der Waals surface area contributed by atoms with Gasteiger partial charge in [0.25, 0.3) is 11.8 Å². The van der Waals surface area contributed by atoms with Gasteiger partial charge in [0.05, 0.1) is 18.8 Å². The average Bonchev–Trinajstić information content (AvgIpc) is 3.03. The highest BCUT2D eigenvalue weighted by Crippen LogP contribution is 2.32. The van der Waals surface area contributed by atoms with Crippen molar-refractivity contribution in [1.82, 2.24) is 4.90 Å². The normalized spacial score (nSPS) is 13.8. The maximum Gasteiger partial charge on any atom is 0.278 e. The Balaban J connectivity index is 1.92. The lowest BCUT2D eigenvalue weighted by molar-refractivity contribution is -0.137. The van der Waals surface area contributed by atoms with E-state index in [2.05, 4.69) is 19.2 Å². The fourth-order valence-electron chi connectivity index (χ4n) is 3.49. The Morgan fingerprint density at radius 3 is 2.39 bits per heavy atom. The van der Waals surface area contributed by atoms with Crippen LogP contribution in [0.25, 0.3) is 5.57 Å². The molecule has 0 saturated carbocycles. The molecule has 0 saturated heterocycles. The molecule has 0 aliphatic carbocycles. The van der Waals surface area contributed by atoms with Gasteiger partial charge in [-0.3, -0.25) is 14.5 Å². The molecule has 3 rings (SSSR count). The minimum atomic E-state index is -0.354. The fourth-order valence-corrected chi connectivity index (χ4v) is 3.49. The molecule has 0 spiro atoms. The van der Waals surface area contributed by atoms with Crippen LogP contribution in [0.1, 0.15) is 32.8 Å². The fraction of sp³-hybridized carbons (Fsp3) is 0.385. The molecule has 0 fully saturated rings. The quantitative estimate of drug-likeness (QED) is 0.381. The number of imide groups is 1. The maximum absolute atomic E-state index is 13.3. The molecule has 2 amide bonds. The first-order chi connectivity index (χ1) is 15.9. The van der Waals surface area contributed by atoms with Crippen LogP contribution < -0.4 is 14.8 Å². The van der Waals surface area contributed by atoms with Gasteiger partial charge in [-0.15, -0.1) is 0 Å². The second-order valence-corrected chi connectivity index (χ2v) is 8.17. The minimum Gasteiger partial charge on any atom is -0.494 e. The number of nitrogens with zero attached hydrogens (tertiary/aromatic N) is 1. The van der Waals surface area contributed by atoms with E-state index in [0.717, 1.165) is 5.75 Å². The molecule has 1 heterocycles. The van der Waals surface area contributed by atoms with E-state index < -0.39 is 0 Å². The van der Waals surface area contributed by atoms with Crippen molar-refractivity contribution in [2.75, 3.05) is 38.8 Å². The molecular weight excluding hydrogens is 420 g/mol. The van der Waals surface area contributed by atoms with Gasteiger partial charge >= 0.3 is 0 Å². The van der Waals surface area contributed by atoms with Crippen LogP contribution in [-0.4, -0.2) is 50.2 Å². The summed E-state index contributed by atoms with van der Waals surface area (Å²) in [5, 5.41) is 3.17. The molecule has 33 heavy (non-hydrogen) atoms. The molecule has 0 atom stereocenters. The molecule has 1 aliphatic rings.